The first-order valence-electron chi connectivity index (χ1n) is 7.14. The van der Waals surface area contributed by atoms with Gasteiger partial charge in [0.05, 0.1) is 30.5 Å². The van der Waals surface area contributed by atoms with Crippen LogP contribution in [0.1, 0.15) is 6.92 Å². The molecule has 0 aliphatic rings. The maximum absolute atomic E-state index is 11.1. The molecule has 23 heavy (non-hydrogen) atoms. The fourth-order valence-electron chi connectivity index (χ4n) is 2.47. The van der Waals surface area contributed by atoms with Crippen LogP contribution in [-0.2, 0) is 4.79 Å². The Morgan fingerprint density at radius 3 is 2.74 bits per heavy atom. The number of fused-ring (bicyclic) bond motifs is 2. The molecule has 1 amide bonds. The summed E-state index contributed by atoms with van der Waals surface area (Å²) in [4.78, 5) is 15.8. The summed E-state index contributed by atoms with van der Waals surface area (Å²) < 4.78 is 5.30. The molecular formula is C17H16ClN3O2. The van der Waals surface area contributed by atoms with Crippen LogP contribution in [0.5, 0.6) is 5.75 Å². The van der Waals surface area contributed by atoms with Crippen LogP contribution in [0, 0.1) is 0 Å². The van der Waals surface area contributed by atoms with Crippen molar-refractivity contribution in [2.45, 2.75) is 6.92 Å². The highest BCUT2D eigenvalue weighted by Crippen LogP contribution is 2.33. The molecule has 3 rings (SSSR count). The molecule has 0 bridgehead atoms. The fourth-order valence-corrected chi connectivity index (χ4v) is 2.64. The van der Waals surface area contributed by atoms with E-state index in [1.807, 2.05) is 36.4 Å². The Kier molecular flexibility index (Phi) is 4.21. The van der Waals surface area contributed by atoms with Gasteiger partial charge in [-0.05, 0) is 36.4 Å². The van der Waals surface area contributed by atoms with E-state index in [4.69, 9.17) is 16.3 Å². The van der Waals surface area contributed by atoms with E-state index in [9.17, 15) is 4.79 Å². The lowest BCUT2D eigenvalue weighted by Crippen LogP contribution is -2.26. The highest BCUT2D eigenvalue weighted by molar-refractivity contribution is 6.31. The number of halogens is 1. The van der Waals surface area contributed by atoms with Gasteiger partial charge in [0.1, 0.15) is 5.75 Å². The first-order chi connectivity index (χ1) is 11.1. The number of hydrogen-bond donors (Lipinski definition) is 2. The number of hydrogen-bond acceptors (Lipinski definition) is 4. The molecule has 0 aliphatic heterocycles. The number of anilines is 1. The number of benzene rings is 2. The molecule has 0 saturated carbocycles. The summed E-state index contributed by atoms with van der Waals surface area (Å²) in [6, 6.07) is 11.2. The quantitative estimate of drug-likeness (QED) is 0.567. The number of amides is 1. The maximum Gasteiger partial charge on any atom is 0.218 e. The van der Waals surface area contributed by atoms with Crippen molar-refractivity contribution in [3.63, 3.8) is 0 Å². The Morgan fingerprint density at radius 1 is 1.17 bits per heavy atom. The second kappa shape index (κ2) is 6.30. The number of methoxy groups -OCH3 is 1. The van der Waals surface area contributed by atoms with Crippen LogP contribution in [0.4, 0.5) is 5.69 Å². The van der Waals surface area contributed by atoms with Crippen LogP contribution in [0.25, 0.3) is 21.8 Å². The molecular weight excluding hydrogens is 314 g/mol. The minimum absolute atomic E-state index is 0.0965. The van der Waals surface area contributed by atoms with E-state index in [0.717, 1.165) is 33.2 Å². The molecule has 0 radical (unpaired) electrons. The largest absolute Gasteiger partial charge is 0.497 e. The van der Waals surface area contributed by atoms with E-state index in [0.29, 0.717) is 11.7 Å². The third-order valence-electron chi connectivity index (χ3n) is 3.55. The number of nitrogens with one attached hydrogen (secondary N) is 2. The summed E-state index contributed by atoms with van der Waals surface area (Å²) in [5, 5.41) is 8.48. The summed E-state index contributed by atoms with van der Waals surface area (Å²) in [5.41, 5.74) is 2.50. The lowest BCUT2D eigenvalue weighted by atomic mass is 10.1. The van der Waals surface area contributed by atoms with Crippen LogP contribution < -0.4 is 15.4 Å². The van der Waals surface area contributed by atoms with Gasteiger partial charge in [-0.1, -0.05) is 11.6 Å². The molecule has 6 heteroatoms. The van der Waals surface area contributed by atoms with E-state index >= 15 is 0 Å². The van der Waals surface area contributed by atoms with Crippen LogP contribution >= 0.6 is 11.6 Å². The normalized spacial score (nSPS) is 10.7. The SMILES string of the molecule is COc1ccc2nc3cc(Cl)ccc3c(NCNC(C)=O)c2c1. The Hall–Kier alpha value is -2.53. The maximum atomic E-state index is 11.1. The zero-order valence-electron chi connectivity index (χ0n) is 12.8. The average molecular weight is 330 g/mol. The average Bonchev–Trinajstić information content (AvgIpc) is 2.53. The van der Waals surface area contributed by atoms with E-state index in [-0.39, 0.29) is 5.91 Å². The summed E-state index contributed by atoms with van der Waals surface area (Å²) in [5.74, 6) is 0.649. The highest BCUT2D eigenvalue weighted by atomic mass is 35.5. The molecule has 5 nitrogen and oxygen atoms in total. The van der Waals surface area contributed by atoms with E-state index in [1.54, 1.807) is 7.11 Å². The van der Waals surface area contributed by atoms with Gasteiger partial charge in [0.25, 0.3) is 0 Å². The van der Waals surface area contributed by atoms with Gasteiger partial charge in [0.2, 0.25) is 5.91 Å². The molecule has 0 spiro atoms. The van der Waals surface area contributed by atoms with Gasteiger partial charge in [-0.3, -0.25) is 4.79 Å². The van der Waals surface area contributed by atoms with Crippen molar-refractivity contribution in [1.29, 1.82) is 0 Å². The van der Waals surface area contributed by atoms with Crippen LogP contribution in [0.3, 0.4) is 0 Å². The van der Waals surface area contributed by atoms with Crippen molar-refractivity contribution in [3.8, 4) is 5.75 Å². The molecule has 1 aromatic heterocycles. The van der Waals surface area contributed by atoms with Gasteiger partial charge in [0, 0.05) is 22.7 Å². The topological polar surface area (TPSA) is 63.2 Å². The predicted molar refractivity (Wildman–Crippen MR) is 93.1 cm³/mol. The number of nitrogens with zero attached hydrogens (tertiary/aromatic N) is 1. The fraction of sp³-hybridized carbons (Fsp3) is 0.176. The second-order valence-electron chi connectivity index (χ2n) is 5.12. The minimum Gasteiger partial charge on any atom is -0.497 e. The molecule has 118 valence electrons. The second-order valence-corrected chi connectivity index (χ2v) is 5.55. The number of carbonyl (C=O) groups excluding carboxylic acids is 1. The van der Waals surface area contributed by atoms with Gasteiger partial charge in [-0.15, -0.1) is 0 Å². The van der Waals surface area contributed by atoms with Gasteiger partial charge in [-0.2, -0.15) is 0 Å². The molecule has 0 atom stereocenters. The van der Waals surface area contributed by atoms with Crippen LogP contribution in [0.2, 0.25) is 5.02 Å². The molecule has 0 fully saturated rings. The Balaban J connectivity index is 2.20. The van der Waals surface area contributed by atoms with Gasteiger partial charge < -0.3 is 15.4 Å². The van der Waals surface area contributed by atoms with E-state index in [2.05, 4.69) is 15.6 Å². The Bertz CT molecular complexity index is 896. The van der Waals surface area contributed by atoms with Crippen molar-refractivity contribution in [1.82, 2.24) is 10.3 Å². The highest BCUT2D eigenvalue weighted by Gasteiger charge is 2.10. The number of carbonyl (C=O) groups is 1. The van der Waals surface area contributed by atoms with Crippen LogP contribution in [0.15, 0.2) is 36.4 Å². The standard InChI is InChI=1S/C17H16ClN3O2/c1-10(22)19-9-20-17-13-5-3-11(18)7-16(13)21-15-6-4-12(23-2)8-14(15)17/h3-8H,9H2,1-2H3,(H,19,22)(H,20,21). The molecule has 0 unspecified atom stereocenters. The van der Waals surface area contributed by atoms with E-state index in [1.165, 1.54) is 6.92 Å². The monoisotopic (exact) mass is 329 g/mol. The third kappa shape index (κ3) is 3.14. The number of ether oxygens (including phenoxy) is 1. The molecule has 0 aliphatic carbocycles. The van der Waals surface area contributed by atoms with E-state index < -0.39 is 0 Å². The molecule has 1 heterocycles. The summed E-state index contributed by atoms with van der Waals surface area (Å²) in [6.45, 7) is 1.80. The zero-order valence-corrected chi connectivity index (χ0v) is 13.6. The predicted octanol–water partition coefficient (Wildman–Crippen LogP) is 3.56. The van der Waals surface area contributed by atoms with Crippen molar-refractivity contribution in [2.75, 3.05) is 19.1 Å². The lowest BCUT2D eigenvalue weighted by molar-refractivity contribution is -0.118. The summed E-state index contributed by atoms with van der Waals surface area (Å²) in [7, 11) is 1.62. The number of pyridine rings is 1. The van der Waals surface area contributed by atoms with Crippen molar-refractivity contribution >= 4 is 45.0 Å². The van der Waals surface area contributed by atoms with Crippen molar-refractivity contribution in [3.05, 3.63) is 41.4 Å². The smallest absolute Gasteiger partial charge is 0.218 e. The molecule has 2 N–H and O–H groups in total. The summed E-state index contributed by atoms with van der Waals surface area (Å²) >= 11 is 6.08. The molecule has 2 aromatic carbocycles. The third-order valence-corrected chi connectivity index (χ3v) is 3.78. The van der Waals surface area contributed by atoms with Crippen LogP contribution in [-0.4, -0.2) is 24.7 Å². The lowest BCUT2D eigenvalue weighted by Gasteiger charge is -2.14. The summed E-state index contributed by atoms with van der Waals surface area (Å²) in [6.07, 6.45) is 0. The van der Waals surface area contributed by atoms with Gasteiger partial charge in [-0.25, -0.2) is 4.98 Å². The number of rotatable bonds is 4. The first kappa shape index (κ1) is 15.4. The zero-order chi connectivity index (χ0) is 16.4. The molecule has 3 aromatic rings. The van der Waals surface area contributed by atoms with Crippen molar-refractivity contribution in [2.24, 2.45) is 0 Å². The minimum atomic E-state index is -0.0965. The van der Waals surface area contributed by atoms with Gasteiger partial charge in [0.15, 0.2) is 0 Å². The first-order valence-corrected chi connectivity index (χ1v) is 7.51. The Morgan fingerprint density at radius 2 is 2.00 bits per heavy atom. The molecule has 0 saturated heterocycles. The Labute approximate surface area is 138 Å². The van der Waals surface area contributed by atoms with Crippen molar-refractivity contribution < 1.29 is 9.53 Å². The number of aromatic nitrogens is 1. The van der Waals surface area contributed by atoms with Gasteiger partial charge >= 0.3 is 0 Å².